The molecule has 0 bridgehead atoms. The van der Waals surface area contributed by atoms with E-state index in [9.17, 15) is 0 Å². The number of benzene rings is 1. The van der Waals surface area contributed by atoms with Crippen LogP contribution in [0.15, 0.2) is 12.1 Å². The minimum atomic E-state index is -0.562. The Morgan fingerprint density at radius 2 is 1.62 bits per heavy atom. The number of rotatable bonds is 5. The summed E-state index contributed by atoms with van der Waals surface area (Å²) < 4.78 is 20.6. The van der Waals surface area contributed by atoms with Gasteiger partial charge in [-0.1, -0.05) is 11.6 Å². The number of methoxy groups -OCH3 is 4. The van der Waals surface area contributed by atoms with Gasteiger partial charge in [0.25, 0.3) is 0 Å². The van der Waals surface area contributed by atoms with Crippen LogP contribution >= 0.6 is 11.6 Å². The third kappa shape index (κ3) is 2.58. The van der Waals surface area contributed by atoms with E-state index in [2.05, 4.69) is 0 Å². The normalized spacial score (nSPS) is 10.6. The fraction of sp³-hybridized carbons (Fsp3) is 0.455. The van der Waals surface area contributed by atoms with E-state index in [-0.39, 0.29) is 0 Å². The van der Waals surface area contributed by atoms with Crippen LogP contribution in [0, 0.1) is 0 Å². The molecule has 1 rings (SSSR count). The highest BCUT2D eigenvalue weighted by Gasteiger charge is 2.20. The van der Waals surface area contributed by atoms with Crippen LogP contribution in [0.25, 0.3) is 0 Å². The molecule has 0 aliphatic heterocycles. The van der Waals surface area contributed by atoms with Gasteiger partial charge in [-0.15, -0.1) is 0 Å². The lowest BCUT2D eigenvalue weighted by molar-refractivity contribution is -0.106. The first kappa shape index (κ1) is 13.1. The highest BCUT2D eigenvalue weighted by Crippen LogP contribution is 2.37. The Kier molecular flexibility index (Phi) is 4.86. The summed E-state index contributed by atoms with van der Waals surface area (Å²) in [5.41, 5.74) is 0.648. The van der Waals surface area contributed by atoms with Crippen molar-refractivity contribution < 1.29 is 18.9 Å². The summed E-state index contributed by atoms with van der Waals surface area (Å²) in [5.74, 6) is 1.19. The van der Waals surface area contributed by atoms with E-state index in [0.29, 0.717) is 22.1 Å². The molecule has 1 aromatic rings. The maximum absolute atomic E-state index is 6.12. The van der Waals surface area contributed by atoms with Crippen LogP contribution in [0.1, 0.15) is 11.9 Å². The Labute approximate surface area is 100 Å². The van der Waals surface area contributed by atoms with E-state index in [1.165, 1.54) is 14.2 Å². The Hall–Kier alpha value is -0.970. The van der Waals surface area contributed by atoms with Gasteiger partial charge < -0.3 is 18.9 Å². The molecule has 0 radical (unpaired) electrons. The molecule has 90 valence electrons. The lowest BCUT2D eigenvalue weighted by atomic mass is 10.1. The summed E-state index contributed by atoms with van der Waals surface area (Å²) in [4.78, 5) is 0. The zero-order valence-corrected chi connectivity index (χ0v) is 10.5. The molecule has 0 atom stereocenters. The van der Waals surface area contributed by atoms with E-state index in [0.717, 1.165) is 0 Å². The minimum Gasteiger partial charge on any atom is -0.497 e. The molecule has 0 aliphatic carbocycles. The Morgan fingerprint density at radius 3 is 2.06 bits per heavy atom. The first-order chi connectivity index (χ1) is 7.67. The molecule has 0 aliphatic rings. The van der Waals surface area contributed by atoms with Crippen molar-refractivity contribution in [3.8, 4) is 11.5 Å². The monoisotopic (exact) mass is 246 g/mol. The highest BCUT2D eigenvalue weighted by atomic mass is 35.5. The van der Waals surface area contributed by atoms with Gasteiger partial charge in [0, 0.05) is 20.3 Å². The molecule has 0 fully saturated rings. The molecule has 0 unspecified atom stereocenters. The van der Waals surface area contributed by atoms with E-state index in [4.69, 9.17) is 30.5 Å². The highest BCUT2D eigenvalue weighted by molar-refractivity contribution is 6.31. The zero-order valence-electron chi connectivity index (χ0n) is 9.74. The molecule has 0 N–H and O–H groups in total. The number of halogens is 1. The third-order valence-electron chi connectivity index (χ3n) is 2.18. The summed E-state index contributed by atoms with van der Waals surface area (Å²) in [6.45, 7) is 0. The van der Waals surface area contributed by atoms with Crippen LogP contribution < -0.4 is 9.47 Å². The molecule has 0 saturated heterocycles. The molecule has 1 aromatic carbocycles. The van der Waals surface area contributed by atoms with E-state index in [1.54, 1.807) is 26.4 Å². The van der Waals surface area contributed by atoms with Gasteiger partial charge in [-0.05, 0) is 6.07 Å². The van der Waals surface area contributed by atoms with Gasteiger partial charge in [0.05, 0.1) is 24.8 Å². The summed E-state index contributed by atoms with van der Waals surface area (Å²) >= 11 is 6.12. The average Bonchev–Trinajstić information content (AvgIpc) is 2.31. The second kappa shape index (κ2) is 5.94. The molecule has 16 heavy (non-hydrogen) atoms. The van der Waals surface area contributed by atoms with Crippen LogP contribution in [0.3, 0.4) is 0 Å². The lowest BCUT2D eigenvalue weighted by Crippen LogP contribution is -2.07. The van der Waals surface area contributed by atoms with Gasteiger partial charge in [-0.3, -0.25) is 0 Å². The minimum absolute atomic E-state index is 0.477. The van der Waals surface area contributed by atoms with Gasteiger partial charge in [0.15, 0.2) is 6.29 Å². The molecule has 0 saturated carbocycles. The maximum atomic E-state index is 6.12. The molecule has 0 heterocycles. The van der Waals surface area contributed by atoms with Gasteiger partial charge in [-0.2, -0.15) is 0 Å². The van der Waals surface area contributed by atoms with Crippen LogP contribution in [-0.2, 0) is 9.47 Å². The van der Waals surface area contributed by atoms with Crippen LogP contribution in [0.5, 0.6) is 11.5 Å². The second-order valence-electron chi connectivity index (χ2n) is 3.03. The molecular weight excluding hydrogens is 232 g/mol. The van der Waals surface area contributed by atoms with Gasteiger partial charge in [-0.25, -0.2) is 0 Å². The largest absolute Gasteiger partial charge is 0.497 e. The van der Waals surface area contributed by atoms with Crippen molar-refractivity contribution in [1.82, 2.24) is 0 Å². The zero-order chi connectivity index (χ0) is 12.1. The van der Waals surface area contributed by atoms with Crippen molar-refractivity contribution in [2.45, 2.75) is 6.29 Å². The van der Waals surface area contributed by atoms with Crippen molar-refractivity contribution in [2.75, 3.05) is 28.4 Å². The first-order valence-electron chi connectivity index (χ1n) is 4.65. The smallest absolute Gasteiger partial charge is 0.188 e. The van der Waals surface area contributed by atoms with Gasteiger partial charge in [0.1, 0.15) is 11.5 Å². The van der Waals surface area contributed by atoms with Crippen molar-refractivity contribution in [1.29, 1.82) is 0 Å². The summed E-state index contributed by atoms with van der Waals surface area (Å²) in [6, 6.07) is 3.41. The Bertz CT molecular complexity index is 350. The number of hydrogen-bond donors (Lipinski definition) is 0. The first-order valence-corrected chi connectivity index (χ1v) is 5.02. The van der Waals surface area contributed by atoms with E-state index in [1.807, 2.05) is 0 Å². The molecule has 0 amide bonds. The predicted octanol–water partition coefficient (Wildman–Crippen LogP) is 2.65. The standard InChI is InChI=1S/C11H15ClO4/c1-13-7-5-8(12)10(9(6-7)14-2)11(15-3)16-4/h5-6,11H,1-4H3. The maximum Gasteiger partial charge on any atom is 0.188 e. The predicted molar refractivity (Wildman–Crippen MR) is 61.3 cm³/mol. The molecule has 0 spiro atoms. The van der Waals surface area contributed by atoms with Crippen molar-refractivity contribution >= 4 is 11.6 Å². The topological polar surface area (TPSA) is 36.9 Å². The van der Waals surface area contributed by atoms with Gasteiger partial charge in [0.2, 0.25) is 0 Å². The quantitative estimate of drug-likeness (QED) is 0.749. The average molecular weight is 247 g/mol. The van der Waals surface area contributed by atoms with Crippen molar-refractivity contribution in [3.63, 3.8) is 0 Å². The summed E-state index contributed by atoms with van der Waals surface area (Å²) in [5, 5.41) is 0.477. The van der Waals surface area contributed by atoms with Crippen LogP contribution in [-0.4, -0.2) is 28.4 Å². The fourth-order valence-corrected chi connectivity index (χ4v) is 1.71. The Balaban J connectivity index is 3.25. The van der Waals surface area contributed by atoms with Crippen LogP contribution in [0.2, 0.25) is 5.02 Å². The SMILES string of the molecule is COc1cc(Cl)c(C(OC)OC)c(OC)c1. The van der Waals surface area contributed by atoms with Crippen LogP contribution in [0.4, 0.5) is 0 Å². The molecular formula is C11H15ClO4. The molecule has 4 nitrogen and oxygen atoms in total. The number of ether oxygens (including phenoxy) is 4. The number of hydrogen-bond acceptors (Lipinski definition) is 4. The molecule has 0 aromatic heterocycles. The lowest BCUT2D eigenvalue weighted by Gasteiger charge is -2.19. The van der Waals surface area contributed by atoms with E-state index >= 15 is 0 Å². The Morgan fingerprint density at radius 1 is 1.00 bits per heavy atom. The van der Waals surface area contributed by atoms with Crippen molar-refractivity contribution in [3.05, 3.63) is 22.7 Å². The van der Waals surface area contributed by atoms with E-state index < -0.39 is 6.29 Å². The second-order valence-corrected chi connectivity index (χ2v) is 3.44. The van der Waals surface area contributed by atoms with Gasteiger partial charge >= 0.3 is 0 Å². The summed E-state index contributed by atoms with van der Waals surface area (Å²) in [7, 11) is 6.19. The third-order valence-corrected chi connectivity index (χ3v) is 2.50. The van der Waals surface area contributed by atoms with Crippen molar-refractivity contribution in [2.24, 2.45) is 0 Å². The fourth-order valence-electron chi connectivity index (χ4n) is 1.42. The summed E-state index contributed by atoms with van der Waals surface area (Å²) in [6.07, 6.45) is -0.562. The molecule has 5 heteroatoms.